The third-order valence-corrected chi connectivity index (χ3v) is 4.90. The zero-order valence-electron chi connectivity index (χ0n) is 13.6. The highest BCUT2D eigenvalue weighted by Gasteiger charge is 2.38. The molecule has 7 nitrogen and oxygen atoms in total. The first-order valence-corrected chi connectivity index (χ1v) is 8.66. The van der Waals surface area contributed by atoms with Gasteiger partial charge in [-0.2, -0.15) is 5.10 Å². The van der Waals surface area contributed by atoms with Crippen molar-refractivity contribution in [3.63, 3.8) is 0 Å². The summed E-state index contributed by atoms with van der Waals surface area (Å²) in [5.41, 5.74) is 6.22. The number of aromatic nitrogens is 3. The number of ether oxygens (including phenoxy) is 1. The van der Waals surface area contributed by atoms with Crippen LogP contribution in [0.1, 0.15) is 18.7 Å². The Morgan fingerprint density at radius 2 is 2.00 bits per heavy atom. The Morgan fingerprint density at radius 3 is 2.64 bits per heavy atom. The fourth-order valence-corrected chi connectivity index (χ4v) is 3.00. The highest BCUT2D eigenvalue weighted by molar-refractivity contribution is 9.10. The summed E-state index contributed by atoms with van der Waals surface area (Å²) in [4.78, 5) is 16.9. The number of carbonyl (C=O) groups is 1. The number of H-pyrrole nitrogens is 1. The Balaban J connectivity index is 0.00000225. The van der Waals surface area contributed by atoms with Crippen molar-refractivity contribution in [3.05, 3.63) is 34.6 Å². The second-order valence-corrected chi connectivity index (χ2v) is 6.81. The van der Waals surface area contributed by atoms with E-state index in [4.69, 9.17) is 10.5 Å². The monoisotopic (exact) mass is 429 g/mol. The minimum Gasteiger partial charge on any atom is -0.381 e. The van der Waals surface area contributed by atoms with Crippen molar-refractivity contribution in [2.75, 3.05) is 19.8 Å². The molecule has 0 atom stereocenters. The quantitative estimate of drug-likeness (QED) is 0.673. The number of hydrogen-bond donors (Lipinski definition) is 3. The summed E-state index contributed by atoms with van der Waals surface area (Å²) in [6, 6.07) is 7.73. The van der Waals surface area contributed by atoms with Crippen LogP contribution in [0, 0.1) is 5.41 Å². The third kappa shape index (κ3) is 4.58. The van der Waals surface area contributed by atoms with Crippen LogP contribution in [0.4, 0.5) is 0 Å². The van der Waals surface area contributed by atoms with Crippen molar-refractivity contribution < 1.29 is 9.53 Å². The van der Waals surface area contributed by atoms with Gasteiger partial charge in [0.05, 0.1) is 12.0 Å². The van der Waals surface area contributed by atoms with E-state index in [1.165, 1.54) is 0 Å². The van der Waals surface area contributed by atoms with E-state index in [0.29, 0.717) is 50.8 Å². The standard InChI is InChI=1S/C16H20BrN5O2.ClH/c17-12-3-1-11(2-4-12)14-20-13(21-22-14)9-19-15(23)16(10-18)5-7-24-8-6-16;/h1-4H,5-10,18H2,(H,19,23)(H,20,21,22);1H. The molecule has 1 saturated heterocycles. The van der Waals surface area contributed by atoms with Crippen LogP contribution in [-0.2, 0) is 16.1 Å². The number of nitrogens with two attached hydrogens (primary N) is 1. The molecule has 1 aliphatic rings. The molecule has 1 aliphatic heterocycles. The van der Waals surface area contributed by atoms with Crippen molar-refractivity contribution in [2.45, 2.75) is 19.4 Å². The van der Waals surface area contributed by atoms with E-state index in [2.05, 4.69) is 36.4 Å². The van der Waals surface area contributed by atoms with Gasteiger partial charge in [-0.25, -0.2) is 4.98 Å². The molecule has 0 saturated carbocycles. The number of rotatable bonds is 5. The second-order valence-electron chi connectivity index (χ2n) is 5.89. The number of nitrogens with one attached hydrogen (secondary N) is 2. The van der Waals surface area contributed by atoms with Crippen LogP contribution >= 0.6 is 28.3 Å². The van der Waals surface area contributed by atoms with E-state index in [1.807, 2.05) is 24.3 Å². The van der Waals surface area contributed by atoms with Crippen LogP contribution in [-0.4, -0.2) is 40.8 Å². The minimum absolute atomic E-state index is 0. The summed E-state index contributed by atoms with van der Waals surface area (Å²) in [5, 5.41) is 9.98. The SMILES string of the molecule is Cl.NCC1(C(=O)NCc2nc(-c3ccc(Br)cc3)n[nH]2)CCOCC1. The van der Waals surface area contributed by atoms with E-state index < -0.39 is 5.41 Å². The highest BCUT2D eigenvalue weighted by atomic mass is 79.9. The molecule has 0 radical (unpaired) electrons. The van der Waals surface area contributed by atoms with Gasteiger partial charge in [0.1, 0.15) is 5.82 Å². The van der Waals surface area contributed by atoms with Gasteiger partial charge >= 0.3 is 0 Å². The summed E-state index contributed by atoms with van der Waals surface area (Å²) in [5.74, 6) is 1.17. The first-order valence-electron chi connectivity index (χ1n) is 7.86. The average molecular weight is 431 g/mol. The second kappa shape index (κ2) is 8.75. The van der Waals surface area contributed by atoms with Gasteiger partial charge in [0.2, 0.25) is 5.91 Å². The van der Waals surface area contributed by atoms with Gasteiger partial charge in [0.15, 0.2) is 5.82 Å². The van der Waals surface area contributed by atoms with Gasteiger partial charge in [-0.05, 0) is 25.0 Å². The number of amides is 1. The molecule has 1 aromatic carbocycles. The Hall–Kier alpha value is -1.48. The van der Waals surface area contributed by atoms with E-state index in [0.717, 1.165) is 10.0 Å². The molecule has 3 rings (SSSR count). The predicted molar refractivity (Wildman–Crippen MR) is 100 cm³/mol. The molecule has 0 unspecified atom stereocenters. The Labute approximate surface area is 160 Å². The van der Waals surface area contributed by atoms with Crippen LogP contribution in [0.15, 0.2) is 28.7 Å². The lowest BCUT2D eigenvalue weighted by molar-refractivity contribution is -0.136. The zero-order chi connectivity index (χ0) is 17.0. The number of halogens is 2. The Bertz CT molecular complexity index is 701. The number of hydrogen-bond acceptors (Lipinski definition) is 5. The van der Waals surface area contributed by atoms with Crippen molar-refractivity contribution in [3.8, 4) is 11.4 Å². The zero-order valence-corrected chi connectivity index (χ0v) is 16.0. The van der Waals surface area contributed by atoms with E-state index >= 15 is 0 Å². The maximum atomic E-state index is 12.5. The molecule has 9 heteroatoms. The highest BCUT2D eigenvalue weighted by Crippen LogP contribution is 2.29. The van der Waals surface area contributed by atoms with Gasteiger partial charge in [0, 0.05) is 29.8 Å². The summed E-state index contributed by atoms with van der Waals surface area (Å²) in [6.45, 7) is 1.76. The van der Waals surface area contributed by atoms with Crippen LogP contribution in [0.2, 0.25) is 0 Å². The van der Waals surface area contributed by atoms with Crippen LogP contribution in [0.25, 0.3) is 11.4 Å². The van der Waals surface area contributed by atoms with Gasteiger partial charge in [-0.3, -0.25) is 9.89 Å². The molecule has 0 bridgehead atoms. The largest absolute Gasteiger partial charge is 0.381 e. The first kappa shape index (κ1) is 19.8. The molecule has 0 spiro atoms. The molecular weight excluding hydrogens is 410 g/mol. The molecule has 4 N–H and O–H groups in total. The third-order valence-electron chi connectivity index (χ3n) is 4.37. The van der Waals surface area contributed by atoms with Crippen molar-refractivity contribution >= 4 is 34.2 Å². The van der Waals surface area contributed by atoms with E-state index in [-0.39, 0.29) is 18.3 Å². The molecular formula is C16H21BrClN5O2. The molecule has 1 aromatic heterocycles. The van der Waals surface area contributed by atoms with Gasteiger partial charge < -0.3 is 15.8 Å². The smallest absolute Gasteiger partial charge is 0.228 e. The van der Waals surface area contributed by atoms with Gasteiger partial charge in [-0.15, -0.1) is 12.4 Å². The summed E-state index contributed by atoms with van der Waals surface area (Å²) >= 11 is 3.40. The Kier molecular flexibility index (Phi) is 6.95. The Morgan fingerprint density at radius 1 is 1.32 bits per heavy atom. The maximum Gasteiger partial charge on any atom is 0.228 e. The van der Waals surface area contributed by atoms with Gasteiger partial charge in [-0.1, -0.05) is 28.1 Å². The summed E-state index contributed by atoms with van der Waals surface area (Å²) < 4.78 is 6.33. The molecule has 2 aromatic rings. The average Bonchev–Trinajstić information content (AvgIpc) is 3.10. The fourth-order valence-electron chi connectivity index (χ4n) is 2.74. The van der Waals surface area contributed by atoms with Crippen LogP contribution < -0.4 is 11.1 Å². The van der Waals surface area contributed by atoms with Gasteiger partial charge in [0.25, 0.3) is 0 Å². The fraction of sp³-hybridized carbons (Fsp3) is 0.438. The van der Waals surface area contributed by atoms with Crippen LogP contribution in [0.3, 0.4) is 0 Å². The molecule has 1 amide bonds. The predicted octanol–water partition coefficient (Wildman–Crippen LogP) is 2.03. The summed E-state index contributed by atoms with van der Waals surface area (Å²) in [7, 11) is 0. The lowest BCUT2D eigenvalue weighted by Crippen LogP contribution is -2.49. The van der Waals surface area contributed by atoms with Crippen molar-refractivity contribution in [1.82, 2.24) is 20.5 Å². The number of nitrogens with zero attached hydrogens (tertiary/aromatic N) is 2. The minimum atomic E-state index is -0.535. The molecule has 25 heavy (non-hydrogen) atoms. The van der Waals surface area contributed by atoms with Crippen LogP contribution in [0.5, 0.6) is 0 Å². The van der Waals surface area contributed by atoms with E-state index in [9.17, 15) is 4.79 Å². The molecule has 0 aliphatic carbocycles. The number of benzene rings is 1. The molecule has 2 heterocycles. The number of aromatic amines is 1. The van der Waals surface area contributed by atoms with Crippen molar-refractivity contribution in [2.24, 2.45) is 11.1 Å². The molecule has 136 valence electrons. The topological polar surface area (TPSA) is 106 Å². The normalized spacial score (nSPS) is 16.1. The lowest BCUT2D eigenvalue weighted by atomic mass is 9.79. The summed E-state index contributed by atoms with van der Waals surface area (Å²) in [6.07, 6.45) is 1.30. The van der Waals surface area contributed by atoms with E-state index in [1.54, 1.807) is 0 Å². The maximum absolute atomic E-state index is 12.5. The van der Waals surface area contributed by atoms with Crippen molar-refractivity contribution in [1.29, 1.82) is 0 Å². The molecule has 1 fully saturated rings. The first-order chi connectivity index (χ1) is 11.6. The number of carbonyl (C=O) groups excluding carboxylic acids is 1. The lowest BCUT2D eigenvalue weighted by Gasteiger charge is -2.34.